The lowest BCUT2D eigenvalue weighted by Crippen LogP contribution is -2.43. The minimum absolute atomic E-state index is 0.230. The van der Waals surface area contributed by atoms with Crippen molar-refractivity contribution in [3.05, 3.63) is 99.8 Å². The zero-order chi connectivity index (χ0) is 22.8. The highest BCUT2D eigenvalue weighted by molar-refractivity contribution is 6.30. The molecular formula is C25H22ClFN2O3. The quantitative estimate of drug-likeness (QED) is 0.581. The Labute approximate surface area is 190 Å². The van der Waals surface area contributed by atoms with E-state index < -0.39 is 29.7 Å². The van der Waals surface area contributed by atoms with Gasteiger partial charge in [-0.25, -0.2) is 4.39 Å². The van der Waals surface area contributed by atoms with Crippen molar-refractivity contribution in [1.29, 1.82) is 0 Å². The smallest absolute Gasteiger partial charge is 0.259 e. The molecule has 1 aliphatic rings. The van der Waals surface area contributed by atoms with Gasteiger partial charge in [0.15, 0.2) is 0 Å². The van der Waals surface area contributed by atoms with E-state index in [4.69, 9.17) is 22.1 Å². The number of hydrogen-bond acceptors (Lipinski definition) is 3. The van der Waals surface area contributed by atoms with Gasteiger partial charge >= 0.3 is 0 Å². The molecule has 0 radical (unpaired) electrons. The maximum atomic E-state index is 14.6. The van der Waals surface area contributed by atoms with Crippen LogP contribution in [0.1, 0.15) is 45.6 Å². The molecule has 3 aromatic rings. The molecule has 5 nitrogen and oxygen atoms in total. The van der Waals surface area contributed by atoms with Crippen molar-refractivity contribution in [1.82, 2.24) is 4.90 Å². The second-order valence-corrected chi connectivity index (χ2v) is 8.07. The van der Waals surface area contributed by atoms with E-state index in [9.17, 15) is 14.0 Å². The molecule has 2 N–H and O–H groups in total. The Bertz CT molecular complexity index is 1170. The van der Waals surface area contributed by atoms with E-state index in [0.717, 1.165) is 0 Å². The standard InChI is InChI=1S/C25H22ClFN2O3/c1-32-22-10-6-5-9-18(22)25(31)29(23(24(28)30)15-7-3-2-4-8-15)21-12-11-17-19(21)13-16(26)14-20(17)27/h2-10,13-14,21,23H,11-12H2,1H3,(H2,28,30)/t21?,23-/m1/s1. The molecule has 0 aromatic heterocycles. The Morgan fingerprint density at radius 2 is 1.81 bits per heavy atom. The van der Waals surface area contributed by atoms with Gasteiger partial charge < -0.3 is 15.4 Å². The Hall–Kier alpha value is -3.38. The molecule has 0 saturated heterocycles. The lowest BCUT2D eigenvalue weighted by atomic mass is 9.97. The number of benzene rings is 3. The number of halogens is 2. The zero-order valence-corrected chi connectivity index (χ0v) is 18.2. The second-order valence-electron chi connectivity index (χ2n) is 7.64. The summed E-state index contributed by atoms with van der Waals surface area (Å²) in [5.74, 6) is -1.17. The van der Waals surface area contributed by atoms with Crippen molar-refractivity contribution >= 4 is 23.4 Å². The fourth-order valence-corrected chi connectivity index (χ4v) is 4.62. The van der Waals surface area contributed by atoms with E-state index >= 15 is 0 Å². The summed E-state index contributed by atoms with van der Waals surface area (Å²) in [5.41, 5.74) is 7.77. The molecule has 2 atom stereocenters. The molecule has 3 aromatic carbocycles. The first-order valence-electron chi connectivity index (χ1n) is 10.2. The summed E-state index contributed by atoms with van der Waals surface area (Å²) in [5, 5.41) is 0.230. The SMILES string of the molecule is COc1ccccc1C(=O)N(C1CCc2c(F)cc(Cl)cc21)[C@@H](C(N)=O)c1ccccc1. The van der Waals surface area contributed by atoms with Crippen molar-refractivity contribution in [3.8, 4) is 5.75 Å². The maximum Gasteiger partial charge on any atom is 0.259 e. The number of nitrogens with two attached hydrogens (primary N) is 1. The molecule has 1 aliphatic carbocycles. The minimum Gasteiger partial charge on any atom is -0.496 e. The summed E-state index contributed by atoms with van der Waals surface area (Å²) in [7, 11) is 1.47. The van der Waals surface area contributed by atoms with E-state index in [-0.39, 0.29) is 10.6 Å². The number of nitrogens with zero attached hydrogens (tertiary/aromatic N) is 1. The number of hydrogen-bond donors (Lipinski definition) is 1. The Morgan fingerprint density at radius 3 is 2.50 bits per heavy atom. The lowest BCUT2D eigenvalue weighted by molar-refractivity contribution is -0.123. The van der Waals surface area contributed by atoms with Gasteiger partial charge in [0.2, 0.25) is 5.91 Å². The van der Waals surface area contributed by atoms with Gasteiger partial charge in [-0.3, -0.25) is 9.59 Å². The summed E-state index contributed by atoms with van der Waals surface area (Å²) >= 11 is 6.15. The monoisotopic (exact) mass is 452 g/mol. The Balaban J connectivity index is 1.91. The average molecular weight is 453 g/mol. The molecule has 1 unspecified atom stereocenters. The normalized spacial score (nSPS) is 15.7. The fourth-order valence-electron chi connectivity index (χ4n) is 4.41. The van der Waals surface area contributed by atoms with Crippen LogP contribution in [-0.2, 0) is 11.2 Å². The van der Waals surface area contributed by atoms with Crippen LogP contribution in [-0.4, -0.2) is 23.8 Å². The third-order valence-corrected chi connectivity index (χ3v) is 6.01. The largest absolute Gasteiger partial charge is 0.496 e. The number of fused-ring (bicyclic) bond motifs is 1. The Kier molecular flexibility index (Phi) is 6.15. The van der Waals surface area contributed by atoms with Crippen LogP contribution in [0.25, 0.3) is 0 Å². The zero-order valence-electron chi connectivity index (χ0n) is 17.4. The molecule has 0 spiro atoms. The fraction of sp³-hybridized carbons (Fsp3) is 0.200. The van der Waals surface area contributed by atoms with E-state index in [1.165, 1.54) is 18.1 Å². The lowest BCUT2D eigenvalue weighted by Gasteiger charge is -2.36. The van der Waals surface area contributed by atoms with E-state index in [1.807, 2.05) is 6.07 Å². The summed E-state index contributed by atoms with van der Waals surface area (Å²) in [4.78, 5) is 28.1. The van der Waals surface area contributed by atoms with Gasteiger partial charge in [-0.15, -0.1) is 0 Å². The molecule has 32 heavy (non-hydrogen) atoms. The molecule has 0 saturated carbocycles. The van der Waals surface area contributed by atoms with Gasteiger partial charge in [0.05, 0.1) is 18.7 Å². The van der Waals surface area contributed by atoms with Gasteiger partial charge in [0, 0.05) is 5.02 Å². The van der Waals surface area contributed by atoms with Crippen LogP contribution < -0.4 is 10.5 Å². The average Bonchev–Trinajstić information content (AvgIpc) is 3.20. The molecule has 0 fully saturated rings. The number of primary amides is 1. The first kappa shape index (κ1) is 21.8. The summed E-state index contributed by atoms with van der Waals surface area (Å²) in [6, 6.07) is 16.9. The molecular weight excluding hydrogens is 431 g/mol. The number of carbonyl (C=O) groups excluding carboxylic acids is 2. The first-order valence-corrected chi connectivity index (χ1v) is 10.6. The van der Waals surface area contributed by atoms with Crippen molar-refractivity contribution in [2.45, 2.75) is 24.9 Å². The molecule has 0 heterocycles. The number of methoxy groups -OCH3 is 1. The summed E-state index contributed by atoms with van der Waals surface area (Å²) in [6.45, 7) is 0. The third-order valence-electron chi connectivity index (χ3n) is 5.79. The highest BCUT2D eigenvalue weighted by atomic mass is 35.5. The van der Waals surface area contributed by atoms with Gasteiger partial charge in [-0.2, -0.15) is 0 Å². The molecule has 164 valence electrons. The van der Waals surface area contributed by atoms with Crippen molar-refractivity contribution in [2.75, 3.05) is 7.11 Å². The Morgan fingerprint density at radius 1 is 1.12 bits per heavy atom. The summed E-state index contributed by atoms with van der Waals surface area (Å²) in [6.07, 6.45) is 0.850. The van der Waals surface area contributed by atoms with Crippen LogP contribution in [0.15, 0.2) is 66.7 Å². The van der Waals surface area contributed by atoms with E-state index in [0.29, 0.717) is 35.3 Å². The van der Waals surface area contributed by atoms with Gasteiger partial charge in [-0.1, -0.05) is 54.1 Å². The number of para-hydroxylation sites is 1. The van der Waals surface area contributed by atoms with Gasteiger partial charge in [-0.05, 0) is 53.8 Å². The number of ether oxygens (including phenoxy) is 1. The van der Waals surface area contributed by atoms with Crippen molar-refractivity contribution in [2.24, 2.45) is 5.73 Å². The molecule has 2 amide bonds. The van der Waals surface area contributed by atoms with Crippen LogP contribution in [0, 0.1) is 5.82 Å². The van der Waals surface area contributed by atoms with Crippen LogP contribution in [0.2, 0.25) is 5.02 Å². The maximum absolute atomic E-state index is 14.6. The first-order chi connectivity index (χ1) is 15.4. The highest BCUT2D eigenvalue weighted by Gasteiger charge is 2.41. The second kappa shape index (κ2) is 9.01. The topological polar surface area (TPSA) is 72.6 Å². The minimum atomic E-state index is -1.06. The summed E-state index contributed by atoms with van der Waals surface area (Å²) < 4.78 is 20.0. The predicted octanol–water partition coefficient (Wildman–Crippen LogP) is 4.84. The van der Waals surface area contributed by atoms with Crippen LogP contribution in [0.3, 0.4) is 0 Å². The van der Waals surface area contributed by atoms with E-state index in [1.54, 1.807) is 54.6 Å². The number of rotatable bonds is 6. The molecule has 7 heteroatoms. The van der Waals surface area contributed by atoms with Crippen molar-refractivity contribution < 1.29 is 18.7 Å². The van der Waals surface area contributed by atoms with Gasteiger partial charge in [0.25, 0.3) is 5.91 Å². The molecule has 0 bridgehead atoms. The van der Waals surface area contributed by atoms with Gasteiger partial charge in [0.1, 0.15) is 17.6 Å². The number of amides is 2. The third kappa shape index (κ3) is 3.94. The molecule has 4 rings (SSSR count). The van der Waals surface area contributed by atoms with Crippen LogP contribution in [0.4, 0.5) is 4.39 Å². The van der Waals surface area contributed by atoms with Crippen LogP contribution >= 0.6 is 11.6 Å². The highest BCUT2D eigenvalue weighted by Crippen LogP contribution is 2.43. The van der Waals surface area contributed by atoms with Crippen LogP contribution in [0.5, 0.6) is 5.75 Å². The predicted molar refractivity (Wildman–Crippen MR) is 120 cm³/mol. The van der Waals surface area contributed by atoms with Crippen molar-refractivity contribution in [3.63, 3.8) is 0 Å². The number of carbonyl (C=O) groups is 2. The molecule has 0 aliphatic heterocycles. The van der Waals surface area contributed by atoms with E-state index in [2.05, 4.69) is 0 Å².